The van der Waals surface area contributed by atoms with Crippen LogP contribution in [0.4, 0.5) is 13.2 Å². The summed E-state index contributed by atoms with van der Waals surface area (Å²) < 4.78 is 42.5. The van der Waals surface area contributed by atoms with Gasteiger partial charge in [-0.05, 0) is 19.1 Å². The number of alkyl halides is 3. The molecular formula is C10H12F3NOS2. The van der Waals surface area contributed by atoms with Gasteiger partial charge < -0.3 is 4.18 Å². The summed E-state index contributed by atoms with van der Waals surface area (Å²) in [6.45, 7) is 2.33. The molecule has 0 fully saturated rings. The summed E-state index contributed by atoms with van der Waals surface area (Å²) in [5.74, 6) is 0. The molecule has 0 atom stereocenters. The first-order valence-electron chi connectivity index (χ1n) is 4.81. The predicted molar refractivity (Wildman–Crippen MR) is 64.6 cm³/mol. The Balaban J connectivity index is 2.07. The number of hydrogen-bond donors (Lipinski definition) is 1. The standard InChI is InChI=1S/C10H12F3NOS2/c1-8-2-4-9(5-3-8)16-15-7-6-14-17-10(11,12)13/h2-5,14H,6-7H2,1H3. The van der Waals surface area contributed by atoms with Crippen LogP contribution in [0.1, 0.15) is 5.56 Å². The van der Waals surface area contributed by atoms with Crippen LogP contribution in [0.2, 0.25) is 0 Å². The monoisotopic (exact) mass is 283 g/mol. The quantitative estimate of drug-likeness (QED) is 0.487. The molecule has 0 saturated carbocycles. The average Bonchev–Trinajstić information content (AvgIpc) is 2.24. The summed E-state index contributed by atoms with van der Waals surface area (Å²) in [6, 6.07) is 7.70. The summed E-state index contributed by atoms with van der Waals surface area (Å²) in [6.07, 6.45) is 0. The predicted octanol–water partition coefficient (Wildman–Crippen LogP) is 3.78. The zero-order valence-corrected chi connectivity index (χ0v) is 10.7. The van der Waals surface area contributed by atoms with Crippen molar-refractivity contribution in [1.29, 1.82) is 0 Å². The van der Waals surface area contributed by atoms with Crippen molar-refractivity contribution >= 4 is 24.0 Å². The zero-order valence-electron chi connectivity index (χ0n) is 9.08. The maximum Gasteiger partial charge on any atom is 0.456 e. The summed E-state index contributed by atoms with van der Waals surface area (Å²) in [7, 11) is 0. The molecule has 0 aromatic heterocycles. The lowest BCUT2D eigenvalue weighted by molar-refractivity contribution is -0.0336. The molecule has 7 heteroatoms. The first-order valence-corrected chi connectivity index (χ1v) is 6.37. The highest BCUT2D eigenvalue weighted by Crippen LogP contribution is 2.27. The second-order valence-electron chi connectivity index (χ2n) is 3.16. The fraction of sp³-hybridized carbons (Fsp3) is 0.400. The Morgan fingerprint density at radius 3 is 2.47 bits per heavy atom. The molecule has 0 radical (unpaired) electrons. The van der Waals surface area contributed by atoms with Crippen LogP contribution in [0, 0.1) is 6.92 Å². The third kappa shape index (κ3) is 7.54. The van der Waals surface area contributed by atoms with Gasteiger partial charge in [-0.2, -0.15) is 13.2 Å². The van der Waals surface area contributed by atoms with Crippen molar-refractivity contribution in [1.82, 2.24) is 4.72 Å². The lowest BCUT2D eigenvalue weighted by Crippen LogP contribution is -2.16. The van der Waals surface area contributed by atoms with E-state index in [1.54, 1.807) is 0 Å². The van der Waals surface area contributed by atoms with Crippen LogP contribution >= 0.6 is 24.0 Å². The van der Waals surface area contributed by atoms with E-state index in [0.717, 1.165) is 22.5 Å². The average molecular weight is 283 g/mol. The molecule has 0 aliphatic carbocycles. The van der Waals surface area contributed by atoms with E-state index in [1.807, 2.05) is 31.2 Å². The fourth-order valence-corrected chi connectivity index (χ4v) is 1.82. The van der Waals surface area contributed by atoms with Crippen LogP contribution in [0.25, 0.3) is 0 Å². The van der Waals surface area contributed by atoms with Gasteiger partial charge in [0.15, 0.2) is 0 Å². The Kier molecular flexibility index (Phi) is 6.18. The van der Waals surface area contributed by atoms with E-state index in [-0.39, 0.29) is 25.1 Å². The van der Waals surface area contributed by atoms with Crippen molar-refractivity contribution in [2.45, 2.75) is 17.3 Å². The normalized spacial score (nSPS) is 11.8. The minimum atomic E-state index is -4.25. The van der Waals surface area contributed by atoms with E-state index in [1.165, 1.54) is 0 Å². The van der Waals surface area contributed by atoms with Crippen LogP contribution in [-0.2, 0) is 4.18 Å². The number of halogens is 3. The van der Waals surface area contributed by atoms with E-state index in [9.17, 15) is 13.2 Å². The van der Waals surface area contributed by atoms with E-state index in [0.29, 0.717) is 0 Å². The Hall–Kier alpha value is -0.370. The molecule has 2 nitrogen and oxygen atoms in total. The van der Waals surface area contributed by atoms with Gasteiger partial charge in [-0.25, -0.2) is 0 Å². The van der Waals surface area contributed by atoms with Gasteiger partial charge in [0.1, 0.15) is 0 Å². The highest BCUT2D eigenvalue weighted by molar-refractivity contribution is 7.98. The van der Waals surface area contributed by atoms with Crippen molar-refractivity contribution in [3.05, 3.63) is 29.8 Å². The second-order valence-corrected chi connectivity index (χ2v) is 4.99. The first-order chi connectivity index (χ1) is 7.97. The van der Waals surface area contributed by atoms with Crippen LogP contribution in [0.3, 0.4) is 0 Å². The van der Waals surface area contributed by atoms with Gasteiger partial charge >= 0.3 is 5.51 Å². The van der Waals surface area contributed by atoms with Gasteiger partial charge in [-0.1, -0.05) is 17.7 Å². The molecule has 0 bridgehead atoms. The van der Waals surface area contributed by atoms with Crippen molar-refractivity contribution in [2.75, 3.05) is 13.2 Å². The van der Waals surface area contributed by atoms with E-state index >= 15 is 0 Å². The summed E-state index contributed by atoms with van der Waals surface area (Å²) in [5.41, 5.74) is -3.10. The summed E-state index contributed by atoms with van der Waals surface area (Å²) >= 11 is 0.899. The van der Waals surface area contributed by atoms with Crippen LogP contribution < -0.4 is 4.72 Å². The maximum absolute atomic E-state index is 11.7. The second kappa shape index (κ2) is 7.15. The highest BCUT2D eigenvalue weighted by atomic mass is 32.2. The molecule has 1 rings (SSSR count). The summed E-state index contributed by atoms with van der Waals surface area (Å²) in [4.78, 5) is 0.930. The first kappa shape index (κ1) is 14.7. The Labute approximate surface area is 107 Å². The SMILES string of the molecule is Cc1ccc(SOCCNSC(F)(F)F)cc1. The molecule has 1 N–H and O–H groups in total. The number of nitrogens with one attached hydrogen (secondary N) is 1. The number of benzene rings is 1. The molecule has 96 valence electrons. The Bertz CT molecular complexity index is 329. The van der Waals surface area contributed by atoms with Crippen LogP contribution in [0.15, 0.2) is 29.2 Å². The van der Waals surface area contributed by atoms with Gasteiger partial charge in [0.05, 0.1) is 6.61 Å². The molecule has 0 unspecified atom stereocenters. The number of rotatable bonds is 6. The van der Waals surface area contributed by atoms with E-state index in [2.05, 4.69) is 4.72 Å². The third-order valence-corrected chi connectivity index (χ3v) is 2.98. The fourth-order valence-electron chi connectivity index (χ4n) is 0.920. The molecular weight excluding hydrogens is 271 g/mol. The van der Waals surface area contributed by atoms with Crippen molar-refractivity contribution in [3.8, 4) is 0 Å². The lowest BCUT2D eigenvalue weighted by Gasteiger charge is -2.06. The molecule has 1 aromatic rings. The molecule has 0 spiro atoms. The van der Waals surface area contributed by atoms with Gasteiger partial charge in [0.2, 0.25) is 0 Å². The third-order valence-electron chi connectivity index (χ3n) is 1.65. The van der Waals surface area contributed by atoms with E-state index < -0.39 is 5.51 Å². The Morgan fingerprint density at radius 2 is 1.88 bits per heavy atom. The number of aryl methyl sites for hydroxylation is 1. The van der Waals surface area contributed by atoms with Gasteiger partial charge in [0, 0.05) is 35.4 Å². The lowest BCUT2D eigenvalue weighted by atomic mass is 10.2. The molecule has 1 aromatic carbocycles. The minimum Gasteiger partial charge on any atom is -0.309 e. The smallest absolute Gasteiger partial charge is 0.309 e. The summed E-state index contributed by atoms with van der Waals surface area (Å²) in [5, 5.41) is 0. The molecule has 0 amide bonds. The Morgan fingerprint density at radius 1 is 1.24 bits per heavy atom. The topological polar surface area (TPSA) is 21.3 Å². The number of hydrogen-bond acceptors (Lipinski definition) is 4. The molecule has 0 heterocycles. The molecule has 0 saturated heterocycles. The van der Waals surface area contributed by atoms with Gasteiger partial charge in [-0.15, -0.1) is 0 Å². The highest BCUT2D eigenvalue weighted by Gasteiger charge is 2.28. The van der Waals surface area contributed by atoms with E-state index in [4.69, 9.17) is 4.18 Å². The maximum atomic E-state index is 11.7. The van der Waals surface area contributed by atoms with Crippen LogP contribution in [0.5, 0.6) is 0 Å². The van der Waals surface area contributed by atoms with Crippen molar-refractivity contribution in [3.63, 3.8) is 0 Å². The minimum absolute atomic E-state index is 0.142. The molecule has 17 heavy (non-hydrogen) atoms. The van der Waals surface area contributed by atoms with Crippen molar-refractivity contribution < 1.29 is 17.4 Å². The van der Waals surface area contributed by atoms with Gasteiger partial charge in [-0.3, -0.25) is 4.72 Å². The largest absolute Gasteiger partial charge is 0.456 e. The zero-order chi connectivity index (χ0) is 12.7. The molecule has 0 aliphatic heterocycles. The van der Waals surface area contributed by atoms with Crippen LogP contribution in [-0.4, -0.2) is 18.7 Å². The molecule has 0 aliphatic rings. The van der Waals surface area contributed by atoms with Crippen molar-refractivity contribution in [2.24, 2.45) is 0 Å². The van der Waals surface area contributed by atoms with Gasteiger partial charge in [0.25, 0.3) is 0 Å².